The first-order valence-electron chi connectivity index (χ1n) is 7.00. The van der Waals surface area contributed by atoms with Crippen molar-refractivity contribution < 1.29 is 12.9 Å². The van der Waals surface area contributed by atoms with Crippen LogP contribution in [0.15, 0.2) is 4.52 Å². The van der Waals surface area contributed by atoms with Gasteiger partial charge in [0.1, 0.15) is 11.5 Å². The molecule has 0 spiro atoms. The van der Waals surface area contributed by atoms with E-state index >= 15 is 0 Å². The molecule has 0 fully saturated rings. The largest absolute Gasteiger partial charge is 0.361 e. The van der Waals surface area contributed by atoms with Crippen LogP contribution in [0.4, 0.5) is 0 Å². The number of aromatic nitrogens is 5. The van der Waals surface area contributed by atoms with E-state index in [4.69, 9.17) is 4.52 Å². The maximum absolute atomic E-state index is 12.2. The van der Waals surface area contributed by atoms with Gasteiger partial charge in [0.15, 0.2) is 15.7 Å². The summed E-state index contributed by atoms with van der Waals surface area (Å²) in [5.74, 6) is 0.657. The SMILES string of the molecule is Cc1noc(C)c1CCS(=O)(=O)Cc1nnn(C(C)(C)C)n1. The molecular formula is C13H21N5O3S. The number of rotatable bonds is 5. The summed E-state index contributed by atoms with van der Waals surface area (Å²) < 4.78 is 29.5. The second-order valence-electron chi connectivity index (χ2n) is 6.31. The second kappa shape index (κ2) is 5.79. The quantitative estimate of drug-likeness (QED) is 0.812. The lowest BCUT2D eigenvalue weighted by molar-refractivity contribution is 0.305. The van der Waals surface area contributed by atoms with Gasteiger partial charge in [-0.15, -0.1) is 10.2 Å². The minimum Gasteiger partial charge on any atom is -0.361 e. The average Bonchev–Trinajstić information content (AvgIpc) is 2.94. The molecule has 0 radical (unpaired) electrons. The zero-order valence-electron chi connectivity index (χ0n) is 13.5. The Morgan fingerprint density at radius 1 is 1.23 bits per heavy atom. The van der Waals surface area contributed by atoms with E-state index in [0.29, 0.717) is 12.2 Å². The lowest BCUT2D eigenvalue weighted by atomic mass is 10.1. The lowest BCUT2D eigenvalue weighted by Gasteiger charge is -2.15. The van der Waals surface area contributed by atoms with Gasteiger partial charge in [0.05, 0.1) is 17.0 Å². The van der Waals surface area contributed by atoms with E-state index < -0.39 is 9.84 Å². The molecule has 0 saturated carbocycles. The van der Waals surface area contributed by atoms with E-state index in [1.807, 2.05) is 20.8 Å². The van der Waals surface area contributed by atoms with Gasteiger partial charge in [0, 0.05) is 5.56 Å². The molecule has 0 aliphatic heterocycles. The van der Waals surface area contributed by atoms with Crippen molar-refractivity contribution in [2.75, 3.05) is 5.75 Å². The van der Waals surface area contributed by atoms with E-state index in [1.165, 1.54) is 4.80 Å². The Kier molecular flexibility index (Phi) is 4.37. The Bertz CT molecular complexity index is 735. The second-order valence-corrected chi connectivity index (χ2v) is 8.49. The molecule has 122 valence electrons. The number of hydrogen-bond donors (Lipinski definition) is 0. The summed E-state index contributed by atoms with van der Waals surface area (Å²) in [7, 11) is -3.32. The van der Waals surface area contributed by atoms with Crippen LogP contribution in [0.25, 0.3) is 0 Å². The minimum atomic E-state index is -3.32. The molecule has 0 aromatic carbocycles. The van der Waals surface area contributed by atoms with Crippen LogP contribution < -0.4 is 0 Å². The maximum atomic E-state index is 12.2. The summed E-state index contributed by atoms with van der Waals surface area (Å²) in [6.45, 7) is 9.34. The first-order chi connectivity index (χ1) is 10.1. The topological polar surface area (TPSA) is 104 Å². The summed E-state index contributed by atoms with van der Waals surface area (Å²) in [6.07, 6.45) is 0.372. The molecular weight excluding hydrogens is 306 g/mol. The summed E-state index contributed by atoms with van der Waals surface area (Å²) >= 11 is 0. The predicted molar refractivity (Wildman–Crippen MR) is 80.0 cm³/mol. The van der Waals surface area contributed by atoms with E-state index in [-0.39, 0.29) is 22.9 Å². The fourth-order valence-corrected chi connectivity index (χ4v) is 3.14. The smallest absolute Gasteiger partial charge is 0.189 e. The summed E-state index contributed by atoms with van der Waals surface area (Å²) in [4.78, 5) is 1.42. The first-order valence-corrected chi connectivity index (χ1v) is 8.82. The Morgan fingerprint density at radius 2 is 1.91 bits per heavy atom. The van der Waals surface area contributed by atoms with Crippen LogP contribution in [0.2, 0.25) is 0 Å². The summed E-state index contributed by atoms with van der Waals surface area (Å²) in [5.41, 5.74) is 1.24. The minimum absolute atomic E-state index is 0.0000484. The number of tetrazole rings is 1. The molecule has 0 atom stereocenters. The van der Waals surface area contributed by atoms with Crippen molar-refractivity contribution in [3.63, 3.8) is 0 Å². The summed E-state index contributed by atoms with van der Waals surface area (Å²) in [5, 5.41) is 15.7. The van der Waals surface area contributed by atoms with Gasteiger partial charge >= 0.3 is 0 Å². The highest BCUT2D eigenvalue weighted by atomic mass is 32.2. The molecule has 0 bridgehead atoms. The Hall–Kier alpha value is -1.77. The predicted octanol–water partition coefficient (Wildman–Crippen LogP) is 1.19. The molecule has 2 rings (SSSR count). The van der Waals surface area contributed by atoms with Gasteiger partial charge in [0.25, 0.3) is 0 Å². The van der Waals surface area contributed by atoms with Gasteiger partial charge in [-0.3, -0.25) is 0 Å². The van der Waals surface area contributed by atoms with E-state index in [1.54, 1.807) is 13.8 Å². The van der Waals surface area contributed by atoms with Crippen LogP contribution in [0.1, 0.15) is 43.6 Å². The number of nitrogens with zero attached hydrogens (tertiary/aromatic N) is 5. The summed E-state index contributed by atoms with van der Waals surface area (Å²) in [6, 6.07) is 0. The fourth-order valence-electron chi connectivity index (χ4n) is 1.97. The van der Waals surface area contributed by atoms with Crippen molar-refractivity contribution >= 4 is 9.84 Å². The molecule has 2 aromatic heterocycles. The third-order valence-corrected chi connectivity index (χ3v) is 4.77. The fraction of sp³-hybridized carbons (Fsp3) is 0.692. The molecule has 0 aliphatic rings. The van der Waals surface area contributed by atoms with E-state index in [0.717, 1.165) is 11.3 Å². The molecule has 2 heterocycles. The van der Waals surface area contributed by atoms with Crippen molar-refractivity contribution in [3.05, 3.63) is 22.8 Å². The van der Waals surface area contributed by atoms with Crippen molar-refractivity contribution in [3.8, 4) is 0 Å². The van der Waals surface area contributed by atoms with Gasteiger partial charge in [-0.2, -0.15) is 4.80 Å². The molecule has 0 unspecified atom stereocenters. The van der Waals surface area contributed by atoms with Gasteiger partial charge < -0.3 is 4.52 Å². The van der Waals surface area contributed by atoms with Crippen molar-refractivity contribution in [2.24, 2.45) is 0 Å². The van der Waals surface area contributed by atoms with Gasteiger partial charge in [-0.25, -0.2) is 8.42 Å². The standard InChI is InChI=1S/C13H21N5O3S/c1-9-11(10(2)21-16-9)6-7-22(19,20)8-12-14-17-18(15-12)13(3,4)5/h6-8H2,1-5H3. The van der Waals surface area contributed by atoms with Gasteiger partial charge in [-0.1, -0.05) is 5.16 Å². The molecule has 22 heavy (non-hydrogen) atoms. The average molecular weight is 327 g/mol. The van der Waals surface area contributed by atoms with Gasteiger partial charge in [-0.05, 0) is 46.3 Å². The molecule has 0 amide bonds. The van der Waals surface area contributed by atoms with E-state index in [9.17, 15) is 8.42 Å². The third kappa shape index (κ3) is 3.90. The molecule has 0 saturated heterocycles. The Morgan fingerprint density at radius 3 is 2.41 bits per heavy atom. The van der Waals surface area contributed by atoms with Gasteiger partial charge in [0.2, 0.25) is 0 Å². The molecule has 2 aromatic rings. The van der Waals surface area contributed by atoms with Crippen LogP contribution >= 0.6 is 0 Å². The highest BCUT2D eigenvalue weighted by molar-refractivity contribution is 7.90. The third-order valence-electron chi connectivity index (χ3n) is 3.25. The lowest BCUT2D eigenvalue weighted by Crippen LogP contribution is -2.25. The van der Waals surface area contributed by atoms with Crippen molar-refractivity contribution in [1.82, 2.24) is 25.4 Å². The molecule has 8 nitrogen and oxygen atoms in total. The normalized spacial score (nSPS) is 12.8. The molecule has 9 heteroatoms. The maximum Gasteiger partial charge on any atom is 0.189 e. The van der Waals surface area contributed by atoms with Crippen molar-refractivity contribution in [2.45, 2.75) is 52.3 Å². The Labute approximate surface area is 129 Å². The van der Waals surface area contributed by atoms with Crippen LogP contribution in [-0.4, -0.2) is 39.5 Å². The van der Waals surface area contributed by atoms with Crippen LogP contribution in [-0.2, 0) is 27.5 Å². The first kappa shape index (κ1) is 16.6. The highest BCUT2D eigenvalue weighted by Gasteiger charge is 2.21. The monoisotopic (exact) mass is 327 g/mol. The zero-order valence-corrected chi connectivity index (χ0v) is 14.3. The number of sulfone groups is 1. The van der Waals surface area contributed by atoms with Crippen LogP contribution in [0, 0.1) is 13.8 Å². The number of hydrogen-bond acceptors (Lipinski definition) is 7. The Balaban J connectivity index is 2.04. The zero-order chi connectivity index (χ0) is 16.5. The van der Waals surface area contributed by atoms with Crippen LogP contribution in [0.5, 0.6) is 0 Å². The van der Waals surface area contributed by atoms with Crippen molar-refractivity contribution in [1.29, 1.82) is 0 Å². The van der Waals surface area contributed by atoms with E-state index in [2.05, 4.69) is 20.6 Å². The molecule has 0 N–H and O–H groups in total. The van der Waals surface area contributed by atoms with Crippen LogP contribution in [0.3, 0.4) is 0 Å². The molecule has 0 aliphatic carbocycles. The number of aryl methyl sites for hydroxylation is 2. The highest BCUT2D eigenvalue weighted by Crippen LogP contribution is 2.15.